The smallest absolute Gasteiger partial charge is 0.237 e. The quantitative estimate of drug-likeness (QED) is 0.516. The number of hydrogen-bond donors (Lipinski definition) is 2. The lowest BCUT2D eigenvalue weighted by Crippen LogP contribution is -2.24. The van der Waals surface area contributed by atoms with Gasteiger partial charge in [-0.2, -0.15) is 0 Å². The molecule has 2 heterocycles. The molecule has 0 unspecified atom stereocenters. The molecule has 25 heavy (non-hydrogen) atoms. The summed E-state index contributed by atoms with van der Waals surface area (Å²) in [6, 6.07) is 7.99. The first-order valence-electron chi connectivity index (χ1n) is 8.30. The highest BCUT2D eigenvalue weighted by molar-refractivity contribution is 8.00. The van der Waals surface area contributed by atoms with Gasteiger partial charge in [0.1, 0.15) is 16.9 Å². The molecule has 0 radical (unpaired) electrons. The van der Waals surface area contributed by atoms with Crippen molar-refractivity contribution in [2.45, 2.75) is 43.4 Å². The van der Waals surface area contributed by atoms with Crippen LogP contribution in [0.5, 0.6) is 0 Å². The van der Waals surface area contributed by atoms with Gasteiger partial charge in [0.15, 0.2) is 5.65 Å². The van der Waals surface area contributed by atoms with Crippen LogP contribution in [0.15, 0.2) is 41.9 Å². The predicted octanol–water partition coefficient (Wildman–Crippen LogP) is 3.99. The second kappa shape index (κ2) is 7.65. The third-order valence-electron chi connectivity index (χ3n) is 3.95. The number of nitrogens with one attached hydrogen (secondary N) is 2. The van der Waals surface area contributed by atoms with Crippen molar-refractivity contribution in [3.8, 4) is 0 Å². The third kappa shape index (κ3) is 3.99. The summed E-state index contributed by atoms with van der Waals surface area (Å²) in [5.41, 5.74) is 3.43. The van der Waals surface area contributed by atoms with Gasteiger partial charge in [0.05, 0.1) is 11.6 Å². The number of fused-ring (bicyclic) bond motifs is 1. The second-order valence-electron chi connectivity index (χ2n) is 6.06. The minimum atomic E-state index is -0.244. The van der Waals surface area contributed by atoms with Crippen LogP contribution in [0.25, 0.3) is 11.2 Å². The van der Waals surface area contributed by atoms with Gasteiger partial charge < -0.3 is 10.3 Å². The molecule has 3 aromatic rings. The standard InChI is InChI=1S/C18H21N5OS/c1-4-14(25-18-15-16(20-9-19-15)21-10-22-18)17(24)23-13-7-5-12(6-8-13)11(2)3/h5-11,14H,4H2,1-3H3,(H,23,24)(H,19,20,21,22)/t14-/m1/s1. The Balaban J connectivity index is 1.72. The van der Waals surface area contributed by atoms with Crippen LogP contribution in [0.3, 0.4) is 0 Å². The van der Waals surface area contributed by atoms with Crippen LogP contribution in [0, 0.1) is 0 Å². The lowest BCUT2D eigenvalue weighted by molar-refractivity contribution is -0.115. The highest BCUT2D eigenvalue weighted by Gasteiger charge is 2.20. The number of hydrogen-bond acceptors (Lipinski definition) is 5. The maximum absolute atomic E-state index is 12.6. The summed E-state index contributed by atoms with van der Waals surface area (Å²) in [5, 5.41) is 3.48. The summed E-state index contributed by atoms with van der Waals surface area (Å²) in [6.07, 6.45) is 3.75. The fourth-order valence-electron chi connectivity index (χ4n) is 2.46. The molecule has 3 rings (SSSR count). The molecule has 2 aromatic heterocycles. The first-order valence-corrected chi connectivity index (χ1v) is 9.18. The number of carbonyl (C=O) groups is 1. The van der Waals surface area contributed by atoms with Crippen LogP contribution >= 0.6 is 11.8 Å². The van der Waals surface area contributed by atoms with E-state index in [4.69, 9.17) is 0 Å². The summed E-state index contributed by atoms with van der Waals surface area (Å²) in [7, 11) is 0. The molecule has 0 aliphatic rings. The van der Waals surface area contributed by atoms with Gasteiger partial charge in [-0.05, 0) is 30.0 Å². The largest absolute Gasteiger partial charge is 0.341 e. The van der Waals surface area contributed by atoms with E-state index in [2.05, 4.69) is 39.1 Å². The number of rotatable bonds is 6. The van der Waals surface area contributed by atoms with Crippen molar-refractivity contribution in [2.24, 2.45) is 0 Å². The molecular formula is C18H21N5OS. The van der Waals surface area contributed by atoms with Gasteiger partial charge in [-0.3, -0.25) is 4.79 Å². The van der Waals surface area contributed by atoms with Gasteiger partial charge in [-0.25, -0.2) is 15.0 Å². The molecule has 1 atom stereocenters. The number of benzene rings is 1. The molecule has 0 aliphatic carbocycles. The molecule has 6 nitrogen and oxygen atoms in total. The van der Waals surface area contributed by atoms with Gasteiger partial charge in [-0.15, -0.1) is 0 Å². The van der Waals surface area contributed by atoms with Crippen molar-refractivity contribution in [1.29, 1.82) is 0 Å². The lowest BCUT2D eigenvalue weighted by atomic mass is 10.0. The first-order chi connectivity index (χ1) is 12.1. The summed E-state index contributed by atoms with van der Waals surface area (Å²) in [5.74, 6) is 0.439. The van der Waals surface area contributed by atoms with Crippen LogP contribution in [0.2, 0.25) is 0 Å². The van der Waals surface area contributed by atoms with Gasteiger partial charge in [-0.1, -0.05) is 44.7 Å². The van der Waals surface area contributed by atoms with Crippen molar-refractivity contribution in [3.63, 3.8) is 0 Å². The lowest BCUT2D eigenvalue weighted by Gasteiger charge is -2.15. The van der Waals surface area contributed by atoms with E-state index < -0.39 is 0 Å². The zero-order chi connectivity index (χ0) is 17.8. The van der Waals surface area contributed by atoms with E-state index in [1.165, 1.54) is 23.7 Å². The Labute approximate surface area is 150 Å². The van der Waals surface area contributed by atoms with Gasteiger partial charge in [0, 0.05) is 5.69 Å². The van der Waals surface area contributed by atoms with E-state index in [9.17, 15) is 4.79 Å². The maximum Gasteiger partial charge on any atom is 0.237 e. The summed E-state index contributed by atoms with van der Waals surface area (Å²) in [4.78, 5) is 28.2. The fraction of sp³-hybridized carbons (Fsp3) is 0.333. The zero-order valence-electron chi connectivity index (χ0n) is 14.5. The summed E-state index contributed by atoms with van der Waals surface area (Å²) in [6.45, 7) is 6.29. The Kier molecular flexibility index (Phi) is 5.33. The fourth-order valence-corrected chi connectivity index (χ4v) is 3.44. The number of imidazole rings is 1. The topological polar surface area (TPSA) is 83.6 Å². The highest BCUT2D eigenvalue weighted by Crippen LogP contribution is 2.28. The van der Waals surface area contributed by atoms with E-state index in [1.54, 1.807) is 6.33 Å². The number of amides is 1. The number of anilines is 1. The van der Waals surface area contributed by atoms with Gasteiger partial charge in [0.2, 0.25) is 5.91 Å². The SMILES string of the molecule is CC[C@@H](Sc1ncnc2nc[nH]c12)C(=O)Nc1ccc(C(C)C)cc1. The minimum absolute atomic E-state index is 0.0314. The first kappa shape index (κ1) is 17.4. The van der Waals surface area contributed by atoms with E-state index in [0.717, 1.165) is 16.2 Å². The molecule has 0 fully saturated rings. The van der Waals surface area contributed by atoms with Gasteiger partial charge in [0.25, 0.3) is 0 Å². The van der Waals surface area contributed by atoms with Crippen molar-refractivity contribution in [1.82, 2.24) is 19.9 Å². The molecule has 1 aromatic carbocycles. The molecule has 2 N–H and O–H groups in total. The van der Waals surface area contributed by atoms with Crippen molar-refractivity contribution < 1.29 is 4.79 Å². The molecule has 130 valence electrons. The van der Waals surface area contributed by atoms with Crippen molar-refractivity contribution >= 4 is 34.5 Å². The highest BCUT2D eigenvalue weighted by atomic mass is 32.2. The third-order valence-corrected chi connectivity index (χ3v) is 5.31. The van der Waals surface area contributed by atoms with Gasteiger partial charge >= 0.3 is 0 Å². The molecule has 0 aliphatic heterocycles. The molecule has 0 spiro atoms. The average Bonchev–Trinajstić information content (AvgIpc) is 3.09. The van der Waals surface area contributed by atoms with Crippen LogP contribution < -0.4 is 5.32 Å². The van der Waals surface area contributed by atoms with Crippen LogP contribution in [-0.4, -0.2) is 31.1 Å². The van der Waals surface area contributed by atoms with E-state index in [-0.39, 0.29) is 11.2 Å². The maximum atomic E-state index is 12.6. The Hall–Kier alpha value is -2.41. The molecule has 0 bridgehead atoms. The second-order valence-corrected chi connectivity index (χ2v) is 7.25. The number of aromatic nitrogens is 4. The molecule has 1 amide bonds. The zero-order valence-corrected chi connectivity index (χ0v) is 15.3. The Bertz CT molecular complexity index is 859. The number of aromatic amines is 1. The van der Waals surface area contributed by atoms with E-state index >= 15 is 0 Å². The molecule has 0 saturated carbocycles. The number of H-pyrrole nitrogens is 1. The molecule has 7 heteroatoms. The monoisotopic (exact) mass is 355 g/mol. The average molecular weight is 355 g/mol. The number of nitrogens with zero attached hydrogens (tertiary/aromatic N) is 3. The van der Waals surface area contributed by atoms with Crippen molar-refractivity contribution in [3.05, 3.63) is 42.5 Å². The predicted molar refractivity (Wildman–Crippen MR) is 101 cm³/mol. The Morgan fingerprint density at radius 1 is 1.20 bits per heavy atom. The minimum Gasteiger partial charge on any atom is -0.341 e. The summed E-state index contributed by atoms with van der Waals surface area (Å²) >= 11 is 1.42. The Morgan fingerprint density at radius 3 is 2.64 bits per heavy atom. The molecular weight excluding hydrogens is 334 g/mol. The van der Waals surface area contributed by atoms with Crippen LogP contribution in [-0.2, 0) is 4.79 Å². The Morgan fingerprint density at radius 2 is 1.96 bits per heavy atom. The molecule has 0 saturated heterocycles. The van der Waals surface area contributed by atoms with E-state index in [1.807, 2.05) is 31.2 Å². The van der Waals surface area contributed by atoms with Crippen LogP contribution in [0.4, 0.5) is 5.69 Å². The van der Waals surface area contributed by atoms with Crippen molar-refractivity contribution in [2.75, 3.05) is 5.32 Å². The van der Waals surface area contributed by atoms with E-state index in [0.29, 0.717) is 18.0 Å². The number of carbonyl (C=O) groups excluding carboxylic acids is 1. The van der Waals surface area contributed by atoms with Crippen LogP contribution in [0.1, 0.15) is 38.7 Å². The summed E-state index contributed by atoms with van der Waals surface area (Å²) < 4.78 is 0. The normalized spacial score (nSPS) is 12.5. The number of thioether (sulfide) groups is 1.